The molecular weight excluding hydrogens is 310 g/mol. The number of nitrogens with two attached hydrogens (primary N) is 1. The quantitative estimate of drug-likeness (QED) is 0.450. The minimum absolute atomic E-state index is 0.194. The second-order valence-electron chi connectivity index (χ2n) is 3.45. The Morgan fingerprint density at radius 3 is 2.68 bits per heavy atom. The van der Waals surface area contributed by atoms with Crippen LogP contribution in [-0.4, -0.2) is 21.5 Å². The Morgan fingerprint density at radius 2 is 2.05 bits per heavy atom. The van der Waals surface area contributed by atoms with Crippen molar-refractivity contribution >= 4 is 44.2 Å². The lowest BCUT2D eigenvalue weighted by molar-refractivity contribution is 1.27. The van der Waals surface area contributed by atoms with E-state index in [2.05, 4.69) is 36.4 Å². The molecule has 2 rings (SSSR count). The lowest BCUT2D eigenvalue weighted by atomic mass is 10.2. The van der Waals surface area contributed by atoms with Crippen molar-refractivity contribution in [3.05, 3.63) is 29.0 Å². The van der Waals surface area contributed by atoms with E-state index < -0.39 is 5.84 Å². The number of nitriles is 1. The molecule has 0 saturated heterocycles. The molecule has 19 heavy (non-hydrogen) atoms. The summed E-state index contributed by atoms with van der Waals surface area (Å²) in [6.07, 6.45) is 3.14. The molecule has 0 fully saturated rings. The molecule has 0 bridgehead atoms. The molecule has 0 spiro atoms. The van der Waals surface area contributed by atoms with E-state index in [0.29, 0.717) is 16.7 Å². The first kappa shape index (κ1) is 12.9. The van der Waals surface area contributed by atoms with Gasteiger partial charge in [0.25, 0.3) is 0 Å². The maximum absolute atomic E-state index is 8.75. The molecule has 94 valence electrons. The number of nitrogens with one attached hydrogen (secondary N) is 2. The van der Waals surface area contributed by atoms with Gasteiger partial charge in [0.15, 0.2) is 5.84 Å². The molecule has 0 amide bonds. The molecule has 0 aliphatic heterocycles. The predicted octanol–water partition coefficient (Wildman–Crippen LogP) is 1.62. The molecule has 2 aromatic rings. The number of fused-ring (bicyclic) bond motifs is 1. The fraction of sp³-hybridized carbons (Fsp3) is 0. The summed E-state index contributed by atoms with van der Waals surface area (Å²) in [4.78, 5) is 8.39. The Labute approximate surface area is 116 Å². The lowest BCUT2D eigenvalue weighted by Crippen LogP contribution is -2.21. The van der Waals surface area contributed by atoms with Crippen LogP contribution in [0, 0.1) is 16.7 Å². The molecular formula is C11H8BrN7. The number of halogens is 1. The molecule has 1 aromatic heterocycles. The molecule has 0 aliphatic carbocycles. The van der Waals surface area contributed by atoms with E-state index in [-0.39, 0.29) is 5.71 Å². The van der Waals surface area contributed by atoms with Crippen LogP contribution >= 0.6 is 15.9 Å². The van der Waals surface area contributed by atoms with Crippen LogP contribution in [0.3, 0.4) is 0 Å². The summed E-state index contributed by atoms with van der Waals surface area (Å²) >= 11 is 3.38. The van der Waals surface area contributed by atoms with E-state index in [4.69, 9.17) is 16.4 Å². The number of hydrazone groups is 1. The Bertz CT molecular complexity index is 717. The van der Waals surface area contributed by atoms with Gasteiger partial charge >= 0.3 is 0 Å². The Kier molecular flexibility index (Phi) is 3.68. The number of amidine groups is 1. The lowest BCUT2D eigenvalue weighted by Gasteiger charge is -2.05. The number of hydrogen-bond donors (Lipinski definition) is 3. The third kappa shape index (κ3) is 2.66. The molecule has 8 heteroatoms. The van der Waals surface area contributed by atoms with Crippen LogP contribution in [-0.2, 0) is 0 Å². The molecule has 4 N–H and O–H groups in total. The zero-order chi connectivity index (χ0) is 13.8. The largest absolute Gasteiger partial charge is 0.382 e. The molecule has 1 heterocycles. The van der Waals surface area contributed by atoms with Crippen molar-refractivity contribution in [3.63, 3.8) is 0 Å². The van der Waals surface area contributed by atoms with Gasteiger partial charge in [-0.3, -0.25) is 20.8 Å². The highest BCUT2D eigenvalue weighted by Crippen LogP contribution is 2.26. The summed E-state index contributed by atoms with van der Waals surface area (Å²) in [5.74, 6) is -0.400. The van der Waals surface area contributed by atoms with Gasteiger partial charge in [-0.25, -0.2) is 0 Å². The van der Waals surface area contributed by atoms with Crippen molar-refractivity contribution < 1.29 is 0 Å². The number of aromatic nitrogens is 2. The normalized spacial score (nSPS) is 11.1. The number of nitrogens with zero attached hydrogens (tertiary/aromatic N) is 4. The molecule has 0 aliphatic rings. The summed E-state index contributed by atoms with van der Waals surface area (Å²) in [6, 6.07) is 5.25. The van der Waals surface area contributed by atoms with E-state index in [9.17, 15) is 0 Å². The number of hydrogen-bond acceptors (Lipinski definition) is 6. The Balaban J connectivity index is 2.45. The van der Waals surface area contributed by atoms with Crippen LogP contribution in [0.2, 0.25) is 0 Å². The van der Waals surface area contributed by atoms with Gasteiger partial charge < -0.3 is 5.73 Å². The summed E-state index contributed by atoms with van der Waals surface area (Å²) in [7, 11) is 0. The fourth-order valence-electron chi connectivity index (χ4n) is 1.38. The van der Waals surface area contributed by atoms with Crippen LogP contribution in [0.5, 0.6) is 0 Å². The molecule has 0 saturated carbocycles. The van der Waals surface area contributed by atoms with Crippen molar-refractivity contribution in [2.45, 2.75) is 0 Å². The summed E-state index contributed by atoms with van der Waals surface area (Å²) < 4.78 is 0.803. The Morgan fingerprint density at radius 1 is 1.37 bits per heavy atom. The van der Waals surface area contributed by atoms with E-state index >= 15 is 0 Å². The van der Waals surface area contributed by atoms with Crippen molar-refractivity contribution in [1.82, 2.24) is 9.97 Å². The van der Waals surface area contributed by atoms with E-state index in [1.54, 1.807) is 30.6 Å². The number of benzene rings is 1. The van der Waals surface area contributed by atoms with Gasteiger partial charge in [-0.1, -0.05) is 0 Å². The molecule has 7 nitrogen and oxygen atoms in total. The van der Waals surface area contributed by atoms with Crippen LogP contribution in [0.4, 0.5) is 5.69 Å². The zero-order valence-corrected chi connectivity index (χ0v) is 11.1. The highest BCUT2D eigenvalue weighted by Gasteiger charge is 2.07. The van der Waals surface area contributed by atoms with Crippen LogP contribution < -0.4 is 11.2 Å². The van der Waals surface area contributed by atoms with Gasteiger partial charge in [-0.2, -0.15) is 10.4 Å². The number of rotatable bonds is 3. The minimum Gasteiger partial charge on any atom is -0.382 e. The monoisotopic (exact) mass is 317 g/mol. The smallest absolute Gasteiger partial charge is 0.201 e. The molecule has 0 unspecified atom stereocenters. The topological polar surface area (TPSA) is 124 Å². The SMILES string of the molecule is N#C/C(=N\Nc1ccc(Br)c2nccnc12)C(=N)N. The maximum Gasteiger partial charge on any atom is 0.201 e. The van der Waals surface area contributed by atoms with Gasteiger partial charge in [0, 0.05) is 16.9 Å². The zero-order valence-electron chi connectivity index (χ0n) is 9.55. The fourth-order valence-corrected chi connectivity index (χ4v) is 1.80. The average molecular weight is 318 g/mol. The molecule has 0 atom stereocenters. The van der Waals surface area contributed by atoms with Crippen LogP contribution in [0.1, 0.15) is 0 Å². The van der Waals surface area contributed by atoms with Gasteiger partial charge in [-0.05, 0) is 28.1 Å². The standard InChI is InChI=1S/C11H8BrN7/c12-6-1-2-7(10-9(6)16-3-4-17-10)18-19-8(5-13)11(14)15/h1-4,18H,(H3,14,15)/b19-8+. The van der Waals surface area contributed by atoms with Crippen LogP contribution in [0.15, 0.2) is 34.1 Å². The summed E-state index contributed by atoms with van der Waals surface area (Å²) in [5, 5.41) is 19.7. The first-order chi connectivity index (χ1) is 9.13. The Hall–Kier alpha value is -2.53. The van der Waals surface area contributed by atoms with Gasteiger partial charge in [-0.15, -0.1) is 0 Å². The first-order valence-electron chi connectivity index (χ1n) is 5.11. The van der Waals surface area contributed by atoms with E-state index in [1.165, 1.54) is 0 Å². The average Bonchev–Trinajstić information content (AvgIpc) is 2.42. The summed E-state index contributed by atoms with van der Waals surface area (Å²) in [6.45, 7) is 0. The maximum atomic E-state index is 8.75. The minimum atomic E-state index is -0.400. The third-order valence-corrected chi connectivity index (χ3v) is 2.86. The first-order valence-corrected chi connectivity index (χ1v) is 5.90. The van der Waals surface area contributed by atoms with E-state index in [0.717, 1.165) is 4.47 Å². The second-order valence-corrected chi connectivity index (χ2v) is 4.30. The van der Waals surface area contributed by atoms with Crippen molar-refractivity contribution in [2.75, 3.05) is 5.43 Å². The molecule has 1 aromatic carbocycles. The highest BCUT2D eigenvalue weighted by atomic mass is 79.9. The highest BCUT2D eigenvalue weighted by molar-refractivity contribution is 9.10. The third-order valence-electron chi connectivity index (χ3n) is 2.23. The van der Waals surface area contributed by atoms with Gasteiger partial charge in [0.2, 0.25) is 5.71 Å². The second kappa shape index (κ2) is 5.41. The van der Waals surface area contributed by atoms with Gasteiger partial charge in [0.05, 0.1) is 5.69 Å². The van der Waals surface area contributed by atoms with Crippen molar-refractivity contribution in [2.24, 2.45) is 10.8 Å². The van der Waals surface area contributed by atoms with Crippen LogP contribution in [0.25, 0.3) is 11.0 Å². The van der Waals surface area contributed by atoms with Crippen molar-refractivity contribution in [3.8, 4) is 6.07 Å². The van der Waals surface area contributed by atoms with Gasteiger partial charge in [0.1, 0.15) is 17.1 Å². The van der Waals surface area contributed by atoms with Crippen molar-refractivity contribution in [1.29, 1.82) is 10.7 Å². The summed E-state index contributed by atoms with van der Waals surface area (Å²) in [5.41, 5.74) is 9.52. The molecule has 0 radical (unpaired) electrons. The predicted molar refractivity (Wildman–Crippen MR) is 75.8 cm³/mol. The van der Waals surface area contributed by atoms with E-state index in [1.807, 2.05) is 0 Å². The number of anilines is 1.